The van der Waals surface area contributed by atoms with E-state index in [1.165, 1.54) is 12.3 Å². The van der Waals surface area contributed by atoms with Crippen molar-refractivity contribution in [3.8, 4) is 0 Å². The van der Waals surface area contributed by atoms with Crippen LogP contribution in [0.15, 0.2) is 81.5 Å². The van der Waals surface area contributed by atoms with Crippen LogP contribution in [0.5, 0.6) is 0 Å². The lowest BCUT2D eigenvalue weighted by Crippen LogP contribution is -2.31. The molecule has 0 aliphatic rings. The second-order valence-electron chi connectivity index (χ2n) is 6.26. The molecule has 0 fully saturated rings. The van der Waals surface area contributed by atoms with Gasteiger partial charge in [0.05, 0.1) is 24.0 Å². The van der Waals surface area contributed by atoms with Crippen molar-refractivity contribution in [3.05, 3.63) is 94.0 Å². The van der Waals surface area contributed by atoms with E-state index < -0.39 is 17.8 Å². The summed E-state index contributed by atoms with van der Waals surface area (Å²) >= 11 is 3.33. The fourth-order valence-corrected chi connectivity index (χ4v) is 3.08. The van der Waals surface area contributed by atoms with Crippen molar-refractivity contribution in [2.24, 2.45) is 0 Å². The maximum Gasteiger partial charge on any atom is 0.338 e. The number of benzene rings is 2. The number of ether oxygens (including phenoxy) is 1. The molecule has 31 heavy (non-hydrogen) atoms. The summed E-state index contributed by atoms with van der Waals surface area (Å²) in [5.41, 5.74) is 1.18. The average Bonchev–Trinajstić information content (AvgIpc) is 3.27. The van der Waals surface area contributed by atoms with Crippen molar-refractivity contribution in [3.63, 3.8) is 0 Å². The van der Waals surface area contributed by atoms with Crippen molar-refractivity contribution in [1.29, 1.82) is 0 Å². The minimum absolute atomic E-state index is 0.00910. The monoisotopic (exact) mass is 482 g/mol. The molecule has 158 valence electrons. The maximum absolute atomic E-state index is 12.9. The highest BCUT2D eigenvalue weighted by atomic mass is 79.9. The van der Waals surface area contributed by atoms with Gasteiger partial charge in [0.2, 0.25) is 0 Å². The first kappa shape index (κ1) is 22.0. The molecular formula is C23H19BrN2O5. The van der Waals surface area contributed by atoms with Crippen LogP contribution >= 0.6 is 15.9 Å². The number of hydrogen-bond acceptors (Lipinski definition) is 5. The van der Waals surface area contributed by atoms with Gasteiger partial charge in [-0.25, -0.2) is 4.79 Å². The molecule has 0 bridgehead atoms. The largest absolute Gasteiger partial charge is 0.465 e. The van der Waals surface area contributed by atoms with E-state index in [1.807, 2.05) is 0 Å². The van der Waals surface area contributed by atoms with E-state index in [1.54, 1.807) is 67.6 Å². The van der Waals surface area contributed by atoms with Gasteiger partial charge in [0.15, 0.2) is 0 Å². The number of furan rings is 1. The lowest BCUT2D eigenvalue weighted by atomic mass is 10.2. The van der Waals surface area contributed by atoms with E-state index in [9.17, 15) is 14.4 Å². The summed E-state index contributed by atoms with van der Waals surface area (Å²) in [5, 5.41) is 5.32. The molecule has 0 unspecified atom stereocenters. The van der Waals surface area contributed by atoms with E-state index in [0.29, 0.717) is 27.0 Å². The highest BCUT2D eigenvalue weighted by Crippen LogP contribution is 2.17. The molecule has 0 radical (unpaired) electrons. The number of nitrogens with one attached hydrogen (secondary N) is 2. The number of hydrogen-bond donors (Lipinski definition) is 2. The van der Waals surface area contributed by atoms with Crippen LogP contribution < -0.4 is 10.6 Å². The van der Waals surface area contributed by atoms with Crippen molar-refractivity contribution < 1.29 is 23.5 Å². The third kappa shape index (κ3) is 5.93. The average molecular weight is 483 g/mol. The first-order valence-corrected chi connectivity index (χ1v) is 10.2. The molecule has 1 heterocycles. The maximum atomic E-state index is 12.9. The summed E-state index contributed by atoms with van der Waals surface area (Å²) in [7, 11) is 0. The number of esters is 1. The molecule has 0 aliphatic carbocycles. The lowest BCUT2D eigenvalue weighted by molar-refractivity contribution is -0.113. The predicted octanol–water partition coefficient (Wildman–Crippen LogP) is 4.63. The second kappa shape index (κ2) is 10.4. The van der Waals surface area contributed by atoms with Gasteiger partial charge in [0, 0.05) is 16.2 Å². The van der Waals surface area contributed by atoms with Gasteiger partial charge in [0.25, 0.3) is 11.8 Å². The van der Waals surface area contributed by atoms with Crippen LogP contribution in [0, 0.1) is 0 Å². The van der Waals surface area contributed by atoms with Crippen LogP contribution in [0.4, 0.5) is 5.69 Å². The standard InChI is InChI=1S/C23H19BrN2O5/c1-2-30-23(29)15-9-11-16(12-10-15)25-22(28)20(14-17-6-5-13-31-17)26-21(27)18-7-3-4-8-19(18)24/h3-14H,2H2,1H3,(H,25,28)(H,26,27)/b20-14-. The van der Waals surface area contributed by atoms with E-state index in [2.05, 4.69) is 26.6 Å². The van der Waals surface area contributed by atoms with E-state index in [0.717, 1.165) is 0 Å². The van der Waals surface area contributed by atoms with Crippen LogP contribution in [0.25, 0.3) is 6.08 Å². The van der Waals surface area contributed by atoms with Crippen LogP contribution in [0.3, 0.4) is 0 Å². The SMILES string of the molecule is CCOC(=O)c1ccc(NC(=O)/C(=C/c2ccco2)NC(=O)c2ccccc2Br)cc1. The van der Waals surface area contributed by atoms with Crippen LogP contribution in [-0.4, -0.2) is 24.4 Å². The quantitative estimate of drug-likeness (QED) is 0.377. The first-order valence-electron chi connectivity index (χ1n) is 9.37. The Bertz CT molecular complexity index is 1110. The molecule has 2 aromatic carbocycles. The minimum atomic E-state index is -0.555. The summed E-state index contributed by atoms with van der Waals surface area (Å²) in [6, 6.07) is 16.4. The summed E-state index contributed by atoms with van der Waals surface area (Å²) in [4.78, 5) is 37.3. The van der Waals surface area contributed by atoms with Crippen molar-refractivity contribution in [1.82, 2.24) is 5.32 Å². The van der Waals surface area contributed by atoms with Gasteiger partial charge in [-0.15, -0.1) is 0 Å². The highest BCUT2D eigenvalue weighted by molar-refractivity contribution is 9.10. The summed E-state index contributed by atoms with van der Waals surface area (Å²) in [6.07, 6.45) is 2.89. The van der Waals surface area contributed by atoms with E-state index in [4.69, 9.17) is 9.15 Å². The zero-order valence-electron chi connectivity index (χ0n) is 16.6. The van der Waals surface area contributed by atoms with Crippen molar-refractivity contribution in [2.45, 2.75) is 6.92 Å². The molecule has 0 saturated carbocycles. The van der Waals surface area contributed by atoms with Crippen LogP contribution in [0.2, 0.25) is 0 Å². The molecule has 0 atom stereocenters. The molecule has 3 aromatic rings. The Morgan fingerprint density at radius 1 is 1.03 bits per heavy atom. The highest BCUT2D eigenvalue weighted by Gasteiger charge is 2.17. The molecule has 0 saturated heterocycles. The number of anilines is 1. The zero-order valence-corrected chi connectivity index (χ0v) is 18.1. The molecule has 0 aliphatic heterocycles. The van der Waals surface area contributed by atoms with Gasteiger partial charge in [-0.3, -0.25) is 9.59 Å². The Kier molecular flexibility index (Phi) is 7.40. The van der Waals surface area contributed by atoms with Gasteiger partial charge in [-0.05, 0) is 71.4 Å². The molecule has 7 nitrogen and oxygen atoms in total. The van der Waals surface area contributed by atoms with Crippen LogP contribution in [-0.2, 0) is 9.53 Å². The molecule has 2 N–H and O–H groups in total. The van der Waals surface area contributed by atoms with Gasteiger partial charge in [0.1, 0.15) is 11.5 Å². The van der Waals surface area contributed by atoms with E-state index in [-0.39, 0.29) is 12.3 Å². The second-order valence-corrected chi connectivity index (χ2v) is 7.11. The molecule has 2 amide bonds. The van der Waals surface area contributed by atoms with Gasteiger partial charge in [-0.2, -0.15) is 0 Å². The number of carbonyl (C=O) groups is 3. The van der Waals surface area contributed by atoms with Crippen molar-refractivity contribution >= 4 is 45.5 Å². The third-order valence-corrected chi connectivity index (χ3v) is 4.79. The fourth-order valence-electron chi connectivity index (χ4n) is 2.61. The van der Waals surface area contributed by atoms with Crippen molar-refractivity contribution in [2.75, 3.05) is 11.9 Å². The predicted molar refractivity (Wildman–Crippen MR) is 119 cm³/mol. The third-order valence-electron chi connectivity index (χ3n) is 4.09. The first-order chi connectivity index (χ1) is 15.0. The van der Waals surface area contributed by atoms with Gasteiger partial charge < -0.3 is 19.8 Å². The molecular weight excluding hydrogens is 464 g/mol. The number of halogens is 1. The molecule has 8 heteroatoms. The molecule has 1 aromatic heterocycles. The Balaban J connectivity index is 1.79. The minimum Gasteiger partial charge on any atom is -0.465 e. The van der Waals surface area contributed by atoms with Gasteiger partial charge >= 0.3 is 5.97 Å². The molecule has 3 rings (SSSR count). The summed E-state index contributed by atoms with van der Waals surface area (Å²) in [6.45, 7) is 2.00. The Morgan fingerprint density at radius 3 is 2.42 bits per heavy atom. The molecule has 0 spiro atoms. The van der Waals surface area contributed by atoms with E-state index >= 15 is 0 Å². The smallest absolute Gasteiger partial charge is 0.338 e. The van der Waals surface area contributed by atoms with Crippen LogP contribution in [0.1, 0.15) is 33.4 Å². The topological polar surface area (TPSA) is 97.6 Å². The normalized spacial score (nSPS) is 11.0. The Labute approximate surface area is 187 Å². The summed E-state index contributed by atoms with van der Waals surface area (Å²) in [5.74, 6) is -1.06. The Morgan fingerprint density at radius 2 is 1.77 bits per heavy atom. The number of amides is 2. The number of rotatable bonds is 7. The fraction of sp³-hybridized carbons (Fsp3) is 0.0870. The lowest BCUT2D eigenvalue weighted by Gasteiger charge is -2.12. The Hall–Kier alpha value is -3.65. The van der Waals surface area contributed by atoms with Gasteiger partial charge in [-0.1, -0.05) is 12.1 Å². The zero-order chi connectivity index (χ0) is 22.2. The number of carbonyl (C=O) groups excluding carboxylic acids is 3. The summed E-state index contributed by atoms with van der Waals surface area (Å²) < 4.78 is 10.8.